The minimum atomic E-state index is -1.04. The number of halogens is 2. The van der Waals surface area contributed by atoms with Crippen LogP contribution in [0.1, 0.15) is 18.9 Å². The van der Waals surface area contributed by atoms with Crippen molar-refractivity contribution in [1.82, 2.24) is 5.32 Å². The third-order valence-electron chi connectivity index (χ3n) is 4.07. The summed E-state index contributed by atoms with van der Waals surface area (Å²) in [4.78, 5) is 25.1. The first kappa shape index (κ1) is 20.4. The number of carbonyl (C=O) groups excluding carboxylic acids is 2. The predicted octanol–water partition coefficient (Wildman–Crippen LogP) is 3.08. The number of nitrogens with one attached hydrogen (secondary N) is 1. The minimum Gasteiger partial charge on any atom is -0.496 e. The van der Waals surface area contributed by atoms with Gasteiger partial charge in [0, 0.05) is 38.2 Å². The summed E-state index contributed by atoms with van der Waals surface area (Å²) in [6, 6.07) is 10.7. The molecule has 0 spiro atoms. The molecule has 0 heterocycles. The fourth-order valence-corrected chi connectivity index (χ4v) is 2.67. The second kappa shape index (κ2) is 9.66. The van der Waals surface area contributed by atoms with Gasteiger partial charge in [-0.15, -0.1) is 0 Å². The number of methoxy groups -OCH3 is 1. The molecule has 0 unspecified atom stereocenters. The summed E-state index contributed by atoms with van der Waals surface area (Å²) in [6.07, 6.45) is 0.653. The molecule has 0 saturated carbocycles. The average Bonchev–Trinajstić information content (AvgIpc) is 2.64. The molecule has 0 saturated heterocycles. The van der Waals surface area contributed by atoms with E-state index in [2.05, 4.69) is 5.32 Å². The lowest BCUT2D eigenvalue weighted by Crippen LogP contribution is -2.34. The van der Waals surface area contributed by atoms with Crippen LogP contribution in [0.3, 0.4) is 0 Å². The van der Waals surface area contributed by atoms with Gasteiger partial charge < -0.3 is 15.0 Å². The number of hydrogen-bond acceptors (Lipinski definition) is 3. The summed E-state index contributed by atoms with van der Waals surface area (Å²) in [5, 5.41) is 2.78. The number of para-hydroxylation sites is 1. The maximum atomic E-state index is 13.4. The summed E-state index contributed by atoms with van der Waals surface area (Å²) in [5.41, 5.74) is 1.19. The van der Waals surface area contributed by atoms with Crippen molar-refractivity contribution in [2.75, 3.05) is 25.1 Å². The Kier molecular flexibility index (Phi) is 7.28. The average molecular weight is 376 g/mol. The zero-order chi connectivity index (χ0) is 19.8. The van der Waals surface area contributed by atoms with Crippen LogP contribution in [0, 0.1) is 11.6 Å². The van der Waals surface area contributed by atoms with E-state index < -0.39 is 11.6 Å². The molecular weight excluding hydrogens is 354 g/mol. The Hall–Kier alpha value is -2.96. The standard InChI is InChI=1S/C20H22F2N2O3/c1-14(25)24(16-7-8-17(21)18(22)13-16)12-10-20(26)23-11-9-15-5-3-4-6-19(15)27-2/h3-8,13H,9-12H2,1-2H3,(H,23,26). The lowest BCUT2D eigenvalue weighted by atomic mass is 10.1. The predicted molar refractivity (Wildman–Crippen MR) is 98.7 cm³/mol. The molecule has 0 aliphatic carbocycles. The van der Waals surface area contributed by atoms with E-state index >= 15 is 0 Å². The first-order chi connectivity index (χ1) is 12.9. The Balaban J connectivity index is 1.87. The van der Waals surface area contributed by atoms with Crippen LogP contribution >= 0.6 is 0 Å². The van der Waals surface area contributed by atoms with E-state index in [1.165, 1.54) is 17.9 Å². The highest BCUT2D eigenvalue weighted by Crippen LogP contribution is 2.19. The summed E-state index contributed by atoms with van der Waals surface area (Å²) in [5.74, 6) is -1.87. The molecule has 1 N–H and O–H groups in total. The van der Waals surface area contributed by atoms with E-state index in [1.54, 1.807) is 7.11 Å². The molecule has 0 aromatic heterocycles. The van der Waals surface area contributed by atoms with Crippen LogP contribution in [0.5, 0.6) is 5.75 Å². The molecule has 0 aliphatic rings. The van der Waals surface area contributed by atoms with Gasteiger partial charge in [0.1, 0.15) is 5.75 Å². The zero-order valence-electron chi connectivity index (χ0n) is 15.3. The number of ether oxygens (including phenoxy) is 1. The molecule has 2 amide bonds. The van der Waals surface area contributed by atoms with Gasteiger partial charge in [-0.3, -0.25) is 9.59 Å². The van der Waals surface area contributed by atoms with Crippen molar-refractivity contribution < 1.29 is 23.1 Å². The molecule has 2 aromatic carbocycles. The fourth-order valence-electron chi connectivity index (χ4n) is 2.67. The molecule has 27 heavy (non-hydrogen) atoms. The van der Waals surface area contributed by atoms with E-state index in [0.29, 0.717) is 13.0 Å². The quantitative estimate of drug-likeness (QED) is 0.770. The van der Waals surface area contributed by atoms with Crippen molar-refractivity contribution in [3.63, 3.8) is 0 Å². The van der Waals surface area contributed by atoms with Crippen molar-refractivity contribution in [2.45, 2.75) is 19.8 Å². The third-order valence-corrected chi connectivity index (χ3v) is 4.07. The number of rotatable bonds is 8. The summed E-state index contributed by atoms with van der Waals surface area (Å²) in [7, 11) is 1.59. The second-order valence-corrected chi connectivity index (χ2v) is 5.93. The molecular formula is C20H22F2N2O3. The summed E-state index contributed by atoms with van der Waals surface area (Å²) < 4.78 is 31.7. The van der Waals surface area contributed by atoms with Crippen LogP contribution in [0.4, 0.5) is 14.5 Å². The number of hydrogen-bond donors (Lipinski definition) is 1. The minimum absolute atomic E-state index is 0.0461. The van der Waals surface area contributed by atoms with Gasteiger partial charge >= 0.3 is 0 Å². The Morgan fingerprint density at radius 3 is 2.52 bits per heavy atom. The van der Waals surface area contributed by atoms with Gasteiger partial charge in [-0.05, 0) is 30.2 Å². The molecule has 7 heteroatoms. The molecule has 0 fully saturated rings. The topological polar surface area (TPSA) is 58.6 Å². The fraction of sp³-hybridized carbons (Fsp3) is 0.300. The lowest BCUT2D eigenvalue weighted by Gasteiger charge is -2.21. The summed E-state index contributed by atoms with van der Waals surface area (Å²) >= 11 is 0. The van der Waals surface area contributed by atoms with Crippen LogP contribution in [0.15, 0.2) is 42.5 Å². The highest BCUT2D eigenvalue weighted by Gasteiger charge is 2.15. The number of amides is 2. The van der Waals surface area contributed by atoms with Crippen molar-refractivity contribution in [3.05, 3.63) is 59.7 Å². The van der Waals surface area contributed by atoms with E-state index in [4.69, 9.17) is 4.74 Å². The number of carbonyl (C=O) groups is 2. The van der Waals surface area contributed by atoms with E-state index in [1.807, 2.05) is 24.3 Å². The normalized spacial score (nSPS) is 10.4. The SMILES string of the molecule is COc1ccccc1CCNC(=O)CCN(C(C)=O)c1ccc(F)c(F)c1. The zero-order valence-corrected chi connectivity index (χ0v) is 15.3. The van der Waals surface area contributed by atoms with Crippen molar-refractivity contribution >= 4 is 17.5 Å². The van der Waals surface area contributed by atoms with Crippen molar-refractivity contribution in [1.29, 1.82) is 0 Å². The molecule has 5 nitrogen and oxygen atoms in total. The Morgan fingerprint density at radius 2 is 1.85 bits per heavy atom. The van der Waals surface area contributed by atoms with Gasteiger partial charge in [-0.1, -0.05) is 18.2 Å². The molecule has 0 atom stereocenters. The van der Waals surface area contributed by atoms with Gasteiger partial charge in [0.05, 0.1) is 7.11 Å². The van der Waals surface area contributed by atoms with E-state index in [-0.39, 0.29) is 30.5 Å². The molecule has 0 aliphatic heterocycles. The monoisotopic (exact) mass is 376 g/mol. The Labute approximate surface area is 156 Å². The number of benzene rings is 2. The van der Waals surface area contributed by atoms with Crippen molar-refractivity contribution in [3.8, 4) is 5.75 Å². The summed E-state index contributed by atoms with van der Waals surface area (Å²) in [6.45, 7) is 1.80. The van der Waals surface area contributed by atoms with Gasteiger partial charge in [-0.2, -0.15) is 0 Å². The number of nitrogens with zero attached hydrogens (tertiary/aromatic N) is 1. The molecule has 2 aromatic rings. The Bertz CT molecular complexity index is 812. The highest BCUT2D eigenvalue weighted by molar-refractivity contribution is 5.92. The smallest absolute Gasteiger partial charge is 0.223 e. The largest absolute Gasteiger partial charge is 0.496 e. The number of anilines is 1. The van der Waals surface area contributed by atoms with Gasteiger partial charge in [-0.25, -0.2) is 8.78 Å². The maximum absolute atomic E-state index is 13.4. The molecule has 144 valence electrons. The third kappa shape index (κ3) is 5.77. The van der Waals surface area contributed by atoms with Crippen LogP contribution in [-0.2, 0) is 16.0 Å². The first-order valence-electron chi connectivity index (χ1n) is 8.54. The first-order valence-corrected chi connectivity index (χ1v) is 8.54. The van der Waals surface area contributed by atoms with Crippen LogP contribution < -0.4 is 15.0 Å². The molecule has 2 rings (SSSR count). The Morgan fingerprint density at radius 1 is 1.11 bits per heavy atom. The van der Waals surface area contributed by atoms with Crippen LogP contribution in [-0.4, -0.2) is 32.0 Å². The van der Waals surface area contributed by atoms with Crippen LogP contribution in [0.2, 0.25) is 0 Å². The van der Waals surface area contributed by atoms with E-state index in [9.17, 15) is 18.4 Å². The maximum Gasteiger partial charge on any atom is 0.223 e. The van der Waals surface area contributed by atoms with Gasteiger partial charge in [0.2, 0.25) is 11.8 Å². The van der Waals surface area contributed by atoms with Gasteiger partial charge in [0.15, 0.2) is 11.6 Å². The molecule has 0 bridgehead atoms. The molecule has 0 radical (unpaired) electrons. The highest BCUT2D eigenvalue weighted by atomic mass is 19.2. The lowest BCUT2D eigenvalue weighted by molar-refractivity contribution is -0.121. The second-order valence-electron chi connectivity index (χ2n) is 5.93. The van der Waals surface area contributed by atoms with Gasteiger partial charge in [0.25, 0.3) is 0 Å². The van der Waals surface area contributed by atoms with E-state index in [0.717, 1.165) is 23.4 Å². The van der Waals surface area contributed by atoms with Crippen LogP contribution in [0.25, 0.3) is 0 Å². The van der Waals surface area contributed by atoms with Crippen molar-refractivity contribution in [2.24, 2.45) is 0 Å².